The molecule has 2 heterocycles. The maximum Gasteiger partial charge on any atom is 0.254 e. The van der Waals surface area contributed by atoms with Gasteiger partial charge in [0.15, 0.2) is 17.1 Å². The number of hydrogen-bond acceptors (Lipinski definition) is 7. The minimum atomic E-state index is -0.805. The normalized spacial score (nSPS) is 22.8. The van der Waals surface area contributed by atoms with Crippen LogP contribution in [0.25, 0.3) is 5.70 Å². The van der Waals surface area contributed by atoms with E-state index in [1.807, 2.05) is 31.2 Å². The first-order valence-electron chi connectivity index (χ1n) is 7.93. The zero-order valence-electron chi connectivity index (χ0n) is 13.6. The molecule has 1 aromatic heterocycles. The van der Waals surface area contributed by atoms with E-state index in [4.69, 9.17) is 18.7 Å². The third kappa shape index (κ3) is 2.82. The molecule has 1 aliphatic carbocycles. The fourth-order valence-corrected chi connectivity index (χ4v) is 2.58. The van der Waals surface area contributed by atoms with E-state index in [-0.39, 0.29) is 0 Å². The van der Waals surface area contributed by atoms with Gasteiger partial charge in [0.1, 0.15) is 0 Å². The second-order valence-corrected chi connectivity index (χ2v) is 6.23. The number of hydrogen-bond donors (Lipinski definition) is 1. The summed E-state index contributed by atoms with van der Waals surface area (Å²) >= 11 is 0. The van der Waals surface area contributed by atoms with E-state index in [9.17, 15) is 0 Å². The number of benzene rings is 1. The average molecular weight is 329 g/mol. The number of hydroxylamine groups is 1. The summed E-state index contributed by atoms with van der Waals surface area (Å²) in [7, 11) is 1.64. The standard InChI is InChI=1S/C17H19N3O4/c1-17(16-19-18-10-23-16)8-13(20-24-17)12-5-6-14(21-2)15(7-12)22-9-11-3-4-11/h5-8,10-11,20H,3-4,9H2,1-2H3. The van der Waals surface area contributed by atoms with E-state index in [1.54, 1.807) is 7.11 Å². The highest BCUT2D eigenvalue weighted by Gasteiger charge is 2.37. The van der Waals surface area contributed by atoms with Crippen LogP contribution in [0, 0.1) is 5.92 Å². The third-order valence-electron chi connectivity index (χ3n) is 4.22. The molecule has 1 fully saturated rings. The summed E-state index contributed by atoms with van der Waals surface area (Å²) in [5.41, 5.74) is 3.88. The first-order valence-corrected chi connectivity index (χ1v) is 7.93. The van der Waals surface area contributed by atoms with E-state index in [1.165, 1.54) is 19.2 Å². The lowest BCUT2D eigenvalue weighted by atomic mass is 10.0. The van der Waals surface area contributed by atoms with E-state index in [2.05, 4.69) is 15.7 Å². The number of rotatable bonds is 6. The summed E-state index contributed by atoms with van der Waals surface area (Å²) in [6, 6.07) is 5.79. The van der Waals surface area contributed by atoms with Crippen molar-refractivity contribution in [2.24, 2.45) is 5.92 Å². The van der Waals surface area contributed by atoms with Gasteiger partial charge in [0.25, 0.3) is 5.89 Å². The van der Waals surface area contributed by atoms with Crippen LogP contribution in [-0.4, -0.2) is 23.9 Å². The summed E-state index contributed by atoms with van der Waals surface area (Å²) in [5, 5.41) is 7.63. The Morgan fingerprint density at radius 1 is 1.33 bits per heavy atom. The molecule has 0 saturated heterocycles. The molecule has 24 heavy (non-hydrogen) atoms. The van der Waals surface area contributed by atoms with Crippen molar-refractivity contribution in [2.45, 2.75) is 25.4 Å². The first kappa shape index (κ1) is 15.0. The molecule has 0 amide bonds. The second-order valence-electron chi connectivity index (χ2n) is 6.23. The summed E-state index contributed by atoms with van der Waals surface area (Å²) in [4.78, 5) is 5.65. The molecule has 0 bridgehead atoms. The molecular weight excluding hydrogens is 310 g/mol. The van der Waals surface area contributed by atoms with E-state index in [0.29, 0.717) is 11.8 Å². The van der Waals surface area contributed by atoms with Crippen molar-refractivity contribution in [3.8, 4) is 11.5 Å². The minimum absolute atomic E-state index is 0.392. The molecular formula is C17H19N3O4. The molecule has 1 saturated carbocycles. The molecule has 7 heteroatoms. The van der Waals surface area contributed by atoms with Crippen LogP contribution in [0.15, 0.2) is 35.1 Å². The van der Waals surface area contributed by atoms with Gasteiger partial charge in [0.2, 0.25) is 6.39 Å². The molecule has 1 N–H and O–H groups in total. The highest BCUT2D eigenvalue weighted by molar-refractivity contribution is 5.68. The number of methoxy groups -OCH3 is 1. The van der Waals surface area contributed by atoms with Crippen LogP contribution in [0.1, 0.15) is 31.2 Å². The van der Waals surface area contributed by atoms with Gasteiger partial charge in [-0.2, -0.15) is 0 Å². The quantitative estimate of drug-likeness (QED) is 0.873. The maximum absolute atomic E-state index is 5.91. The monoisotopic (exact) mass is 329 g/mol. The van der Waals surface area contributed by atoms with Crippen molar-refractivity contribution in [1.82, 2.24) is 15.7 Å². The highest BCUT2D eigenvalue weighted by atomic mass is 16.7. The van der Waals surface area contributed by atoms with Gasteiger partial charge in [-0.1, -0.05) is 0 Å². The predicted molar refractivity (Wildman–Crippen MR) is 85.1 cm³/mol. The molecule has 0 radical (unpaired) electrons. The Kier molecular flexibility index (Phi) is 3.65. The summed E-state index contributed by atoms with van der Waals surface area (Å²) in [6.07, 6.45) is 5.68. The van der Waals surface area contributed by atoms with Crippen LogP contribution < -0.4 is 15.0 Å². The SMILES string of the molecule is COc1ccc(C2=CC(C)(c3nnco3)ON2)cc1OCC1CC1. The van der Waals surface area contributed by atoms with E-state index in [0.717, 1.165) is 29.4 Å². The first-order chi connectivity index (χ1) is 11.7. The number of ether oxygens (including phenoxy) is 2. The van der Waals surface area contributed by atoms with Gasteiger partial charge < -0.3 is 13.9 Å². The highest BCUT2D eigenvalue weighted by Crippen LogP contribution is 2.37. The van der Waals surface area contributed by atoms with Crippen molar-refractivity contribution >= 4 is 5.70 Å². The fourth-order valence-electron chi connectivity index (χ4n) is 2.58. The van der Waals surface area contributed by atoms with Gasteiger partial charge in [0.05, 0.1) is 19.4 Å². The Balaban J connectivity index is 1.60. The third-order valence-corrected chi connectivity index (χ3v) is 4.22. The zero-order valence-corrected chi connectivity index (χ0v) is 13.6. The summed E-state index contributed by atoms with van der Waals surface area (Å²) in [5.74, 6) is 2.52. The summed E-state index contributed by atoms with van der Waals surface area (Å²) in [6.45, 7) is 2.58. The molecule has 0 spiro atoms. The Morgan fingerprint density at radius 2 is 2.21 bits per heavy atom. The van der Waals surface area contributed by atoms with Crippen LogP contribution >= 0.6 is 0 Å². The van der Waals surface area contributed by atoms with E-state index < -0.39 is 5.60 Å². The molecule has 7 nitrogen and oxygen atoms in total. The lowest BCUT2D eigenvalue weighted by Gasteiger charge is -2.14. The lowest BCUT2D eigenvalue weighted by Crippen LogP contribution is -2.23. The minimum Gasteiger partial charge on any atom is -0.493 e. The molecule has 1 aromatic carbocycles. The van der Waals surface area contributed by atoms with Crippen molar-refractivity contribution < 1.29 is 18.7 Å². The molecule has 1 aliphatic heterocycles. The number of aromatic nitrogens is 2. The van der Waals surface area contributed by atoms with Crippen LogP contribution in [0.5, 0.6) is 11.5 Å². The van der Waals surface area contributed by atoms with Gasteiger partial charge in [0, 0.05) is 5.56 Å². The average Bonchev–Trinajstić information content (AvgIpc) is 3.09. The lowest BCUT2D eigenvalue weighted by molar-refractivity contribution is -0.0418. The van der Waals surface area contributed by atoms with Crippen molar-refractivity contribution in [3.05, 3.63) is 42.1 Å². The van der Waals surface area contributed by atoms with Crippen molar-refractivity contribution in [3.63, 3.8) is 0 Å². The molecule has 1 unspecified atom stereocenters. The Morgan fingerprint density at radius 3 is 2.92 bits per heavy atom. The van der Waals surface area contributed by atoms with Gasteiger partial charge in [-0.05, 0) is 50.0 Å². The van der Waals surface area contributed by atoms with Gasteiger partial charge in [-0.25, -0.2) is 0 Å². The molecule has 2 aromatic rings. The predicted octanol–water partition coefficient (Wildman–Crippen LogP) is 2.66. The Hall–Kier alpha value is -2.54. The Bertz CT molecular complexity index is 755. The molecule has 1 atom stereocenters. The topological polar surface area (TPSA) is 78.6 Å². The number of nitrogens with one attached hydrogen (secondary N) is 1. The fraction of sp³-hybridized carbons (Fsp3) is 0.412. The summed E-state index contributed by atoms with van der Waals surface area (Å²) < 4.78 is 16.6. The zero-order chi connectivity index (χ0) is 16.6. The molecule has 126 valence electrons. The molecule has 2 aliphatic rings. The largest absolute Gasteiger partial charge is 0.493 e. The number of nitrogens with zero attached hydrogens (tertiary/aromatic N) is 2. The van der Waals surface area contributed by atoms with Crippen LogP contribution in [-0.2, 0) is 10.4 Å². The smallest absolute Gasteiger partial charge is 0.254 e. The van der Waals surface area contributed by atoms with Crippen LogP contribution in [0.4, 0.5) is 0 Å². The van der Waals surface area contributed by atoms with Gasteiger partial charge >= 0.3 is 0 Å². The Labute approximate surface area is 139 Å². The molecule has 4 rings (SSSR count). The van der Waals surface area contributed by atoms with Crippen LogP contribution in [0.2, 0.25) is 0 Å². The second kappa shape index (κ2) is 5.83. The van der Waals surface area contributed by atoms with Gasteiger partial charge in [-0.15, -0.1) is 10.2 Å². The maximum atomic E-state index is 5.91. The van der Waals surface area contributed by atoms with E-state index >= 15 is 0 Å². The van der Waals surface area contributed by atoms with Crippen LogP contribution in [0.3, 0.4) is 0 Å². The van der Waals surface area contributed by atoms with Crippen molar-refractivity contribution in [2.75, 3.05) is 13.7 Å². The van der Waals surface area contributed by atoms with Crippen molar-refractivity contribution in [1.29, 1.82) is 0 Å². The van der Waals surface area contributed by atoms with Gasteiger partial charge in [-0.3, -0.25) is 10.3 Å².